The highest BCUT2D eigenvalue weighted by atomic mass is 35.5. The number of aromatic nitrogens is 2. The third-order valence-corrected chi connectivity index (χ3v) is 6.01. The van der Waals surface area contributed by atoms with Gasteiger partial charge in [-0.25, -0.2) is 4.98 Å². The van der Waals surface area contributed by atoms with Gasteiger partial charge in [0.25, 0.3) is 0 Å². The lowest BCUT2D eigenvalue weighted by molar-refractivity contribution is -0.122. The van der Waals surface area contributed by atoms with Gasteiger partial charge in [-0.2, -0.15) is 0 Å². The van der Waals surface area contributed by atoms with Crippen LogP contribution in [0.25, 0.3) is 0 Å². The zero-order valence-corrected chi connectivity index (χ0v) is 12.8. The van der Waals surface area contributed by atoms with Gasteiger partial charge in [0.05, 0.1) is 12.4 Å². The second kappa shape index (κ2) is 5.34. The zero-order valence-electron chi connectivity index (χ0n) is 11.9. The first-order valence-electron chi connectivity index (χ1n) is 7.87. The van der Waals surface area contributed by atoms with Crippen molar-refractivity contribution in [3.63, 3.8) is 0 Å². The number of imidazole rings is 1. The molecule has 0 saturated heterocycles. The van der Waals surface area contributed by atoms with Gasteiger partial charge in [0.2, 0.25) is 0 Å². The second-order valence-corrected chi connectivity index (χ2v) is 7.38. The van der Waals surface area contributed by atoms with E-state index in [2.05, 4.69) is 9.55 Å². The minimum absolute atomic E-state index is 0. The van der Waals surface area contributed by atoms with Crippen LogP contribution in [0.5, 0.6) is 0 Å². The van der Waals surface area contributed by atoms with E-state index in [1.165, 1.54) is 38.5 Å². The number of hydrogen-bond donors (Lipinski definition) is 1. The first kappa shape index (κ1) is 14.4. The van der Waals surface area contributed by atoms with Gasteiger partial charge in [-0.3, -0.25) is 0 Å². The Kier molecular flexibility index (Phi) is 3.85. The summed E-state index contributed by atoms with van der Waals surface area (Å²) in [6, 6.07) is 0. The Morgan fingerprint density at radius 3 is 2.25 bits per heavy atom. The fraction of sp³-hybridized carbons (Fsp3) is 0.812. The summed E-state index contributed by atoms with van der Waals surface area (Å²) in [5.74, 6) is 2.78. The molecule has 3 nitrogen and oxygen atoms in total. The molecule has 1 heterocycles. The third kappa shape index (κ3) is 2.39. The summed E-state index contributed by atoms with van der Waals surface area (Å²) in [6.07, 6.45) is 14.7. The molecule has 1 N–H and O–H groups in total. The number of rotatable bonds is 4. The number of hydrogen-bond acceptors (Lipinski definition) is 2. The molecule has 0 spiro atoms. The molecule has 1 unspecified atom stereocenters. The van der Waals surface area contributed by atoms with E-state index in [9.17, 15) is 5.11 Å². The van der Waals surface area contributed by atoms with Gasteiger partial charge in [0, 0.05) is 18.9 Å². The van der Waals surface area contributed by atoms with Crippen molar-refractivity contribution in [3.8, 4) is 0 Å². The summed E-state index contributed by atoms with van der Waals surface area (Å²) < 4.78 is 2.09. The van der Waals surface area contributed by atoms with Crippen LogP contribution in [0, 0.1) is 23.2 Å². The Balaban J connectivity index is 0.00000121. The summed E-state index contributed by atoms with van der Waals surface area (Å²) in [6.45, 7) is 0.906. The van der Waals surface area contributed by atoms with Crippen molar-refractivity contribution in [1.82, 2.24) is 9.55 Å². The van der Waals surface area contributed by atoms with Crippen LogP contribution >= 0.6 is 12.4 Å². The molecule has 1 atom stereocenters. The molecule has 0 radical (unpaired) electrons. The predicted molar refractivity (Wildman–Crippen MR) is 80.7 cm³/mol. The molecule has 0 aromatic carbocycles. The summed E-state index contributed by atoms with van der Waals surface area (Å²) in [5.41, 5.74) is 0.273. The number of aliphatic hydroxyl groups excluding tert-OH is 1. The highest BCUT2D eigenvalue weighted by Crippen LogP contribution is 2.61. The second-order valence-electron chi connectivity index (χ2n) is 7.38. The van der Waals surface area contributed by atoms with E-state index >= 15 is 0 Å². The number of nitrogens with zero attached hydrogens (tertiary/aromatic N) is 2. The quantitative estimate of drug-likeness (QED) is 0.926. The summed E-state index contributed by atoms with van der Waals surface area (Å²) >= 11 is 0. The van der Waals surface area contributed by atoms with Crippen LogP contribution in [-0.4, -0.2) is 20.8 Å². The van der Waals surface area contributed by atoms with Gasteiger partial charge in [0.15, 0.2) is 0 Å². The maximum Gasteiger partial charge on any atom is 0.0945 e. The SMILES string of the molecule is Cl.OC(CCn1ccnc1)C12CC3CC(CC(C3)C1)C2. The molecule has 1 aromatic rings. The smallest absolute Gasteiger partial charge is 0.0945 e. The average Bonchev–Trinajstić information content (AvgIpc) is 2.87. The normalized spacial score (nSPS) is 39.5. The van der Waals surface area contributed by atoms with Crippen molar-refractivity contribution in [3.05, 3.63) is 18.7 Å². The Labute approximate surface area is 127 Å². The molecule has 0 amide bonds. The molecule has 20 heavy (non-hydrogen) atoms. The zero-order chi connectivity index (χ0) is 12.9. The van der Waals surface area contributed by atoms with Gasteiger partial charge in [-0.05, 0) is 68.1 Å². The molecule has 4 heteroatoms. The Hall–Kier alpha value is -0.540. The van der Waals surface area contributed by atoms with Crippen molar-refractivity contribution < 1.29 is 5.11 Å². The molecule has 5 rings (SSSR count). The highest BCUT2D eigenvalue weighted by molar-refractivity contribution is 5.85. The average molecular weight is 297 g/mol. The molecule has 4 fully saturated rings. The van der Waals surface area contributed by atoms with Gasteiger partial charge >= 0.3 is 0 Å². The van der Waals surface area contributed by atoms with Crippen LogP contribution in [0.2, 0.25) is 0 Å². The molecule has 4 aliphatic carbocycles. The van der Waals surface area contributed by atoms with E-state index in [1.807, 2.05) is 18.7 Å². The molecule has 4 bridgehead atoms. The summed E-state index contributed by atoms with van der Waals surface area (Å²) in [4.78, 5) is 4.07. The molecule has 0 aliphatic heterocycles. The van der Waals surface area contributed by atoms with Crippen LogP contribution in [-0.2, 0) is 6.54 Å². The fourth-order valence-corrected chi connectivity index (χ4v) is 5.58. The van der Waals surface area contributed by atoms with Crippen LogP contribution in [0.1, 0.15) is 44.9 Å². The van der Waals surface area contributed by atoms with Gasteiger partial charge < -0.3 is 9.67 Å². The van der Waals surface area contributed by atoms with Gasteiger partial charge in [-0.1, -0.05) is 0 Å². The number of aliphatic hydroxyl groups is 1. The number of halogens is 1. The van der Waals surface area contributed by atoms with E-state index < -0.39 is 0 Å². The van der Waals surface area contributed by atoms with E-state index in [4.69, 9.17) is 0 Å². The van der Waals surface area contributed by atoms with Crippen molar-refractivity contribution in [2.45, 2.75) is 57.6 Å². The first-order valence-corrected chi connectivity index (χ1v) is 7.87. The van der Waals surface area contributed by atoms with E-state index in [0.717, 1.165) is 30.7 Å². The molecular weight excluding hydrogens is 272 g/mol. The monoisotopic (exact) mass is 296 g/mol. The van der Waals surface area contributed by atoms with Crippen LogP contribution < -0.4 is 0 Å². The molecular formula is C16H25ClN2O. The van der Waals surface area contributed by atoms with Crippen molar-refractivity contribution in [1.29, 1.82) is 0 Å². The highest BCUT2D eigenvalue weighted by Gasteiger charge is 2.53. The van der Waals surface area contributed by atoms with Gasteiger partial charge in [0.1, 0.15) is 0 Å². The van der Waals surface area contributed by atoms with Crippen LogP contribution in [0.15, 0.2) is 18.7 Å². The lowest BCUT2D eigenvalue weighted by Crippen LogP contribution is -2.51. The fourth-order valence-electron chi connectivity index (χ4n) is 5.58. The molecule has 1 aromatic heterocycles. The Bertz CT molecular complexity index is 410. The standard InChI is InChI=1S/C16H24N2O.ClH/c19-15(1-3-18-4-2-17-11-18)16-8-12-5-13(9-16)7-14(6-12)10-16;/h2,4,11-15,19H,1,3,5-10H2;1H. The van der Waals surface area contributed by atoms with Crippen molar-refractivity contribution in [2.24, 2.45) is 23.2 Å². The van der Waals surface area contributed by atoms with E-state index in [0.29, 0.717) is 0 Å². The first-order chi connectivity index (χ1) is 9.23. The Morgan fingerprint density at radius 2 is 1.75 bits per heavy atom. The minimum Gasteiger partial charge on any atom is -0.392 e. The molecule has 112 valence electrons. The molecule has 4 saturated carbocycles. The summed E-state index contributed by atoms with van der Waals surface area (Å²) in [5, 5.41) is 10.8. The van der Waals surface area contributed by atoms with Crippen molar-refractivity contribution in [2.75, 3.05) is 0 Å². The number of aryl methyl sites for hydroxylation is 1. The largest absolute Gasteiger partial charge is 0.392 e. The third-order valence-electron chi connectivity index (χ3n) is 6.01. The predicted octanol–water partition coefficient (Wildman–Crippen LogP) is 3.27. The Morgan fingerprint density at radius 1 is 1.15 bits per heavy atom. The summed E-state index contributed by atoms with van der Waals surface area (Å²) in [7, 11) is 0. The maximum absolute atomic E-state index is 10.8. The minimum atomic E-state index is -0.108. The molecule has 4 aliphatic rings. The van der Waals surface area contributed by atoms with Gasteiger partial charge in [-0.15, -0.1) is 12.4 Å². The maximum atomic E-state index is 10.8. The lowest BCUT2D eigenvalue weighted by atomic mass is 9.48. The van der Waals surface area contributed by atoms with E-state index in [1.54, 1.807) is 0 Å². The van der Waals surface area contributed by atoms with Crippen molar-refractivity contribution >= 4 is 12.4 Å². The van der Waals surface area contributed by atoms with Crippen LogP contribution in [0.3, 0.4) is 0 Å². The topological polar surface area (TPSA) is 38.0 Å². The van der Waals surface area contributed by atoms with E-state index in [-0.39, 0.29) is 23.9 Å². The van der Waals surface area contributed by atoms with Crippen LogP contribution in [0.4, 0.5) is 0 Å². The lowest BCUT2D eigenvalue weighted by Gasteiger charge is -2.58.